The van der Waals surface area contributed by atoms with E-state index in [4.69, 9.17) is 11.6 Å². The van der Waals surface area contributed by atoms with E-state index < -0.39 is 0 Å². The zero-order valence-corrected chi connectivity index (χ0v) is 10.1. The number of allylic oxidation sites excluding steroid dienone is 2. The van der Waals surface area contributed by atoms with Gasteiger partial charge in [-0.2, -0.15) is 0 Å². The topological polar surface area (TPSA) is 29.7 Å². The number of hydrazone groups is 1. The molecule has 14 heavy (non-hydrogen) atoms. The third-order valence-corrected chi connectivity index (χ3v) is 2.68. The van der Waals surface area contributed by atoms with Gasteiger partial charge in [0.05, 0.1) is 0 Å². The molecule has 72 valence electrons. The van der Waals surface area contributed by atoms with Gasteiger partial charge in [-0.3, -0.25) is 0 Å². The lowest BCUT2D eigenvalue weighted by Crippen LogP contribution is -2.29. The minimum atomic E-state index is 0.322. The van der Waals surface area contributed by atoms with Crippen LogP contribution in [0.1, 0.15) is 13.8 Å². The Morgan fingerprint density at radius 1 is 1.64 bits per heavy atom. The highest BCUT2D eigenvalue weighted by Crippen LogP contribution is 2.24. The predicted octanol–water partition coefficient (Wildman–Crippen LogP) is 1.82. The molecule has 2 rings (SSSR count). The molecule has 2 heterocycles. The second kappa shape index (κ2) is 3.41. The molecule has 0 spiro atoms. The predicted molar refractivity (Wildman–Crippen MR) is 62.6 cm³/mol. The second-order valence-electron chi connectivity index (χ2n) is 3.31. The molecule has 5 heteroatoms. The number of amidine groups is 1. The van der Waals surface area contributed by atoms with Crippen LogP contribution in [0, 0.1) is 5.92 Å². The first-order valence-corrected chi connectivity index (χ1v) is 5.39. The van der Waals surface area contributed by atoms with E-state index in [1.54, 1.807) is 11.1 Å². The van der Waals surface area contributed by atoms with Crippen LogP contribution in [0.5, 0.6) is 0 Å². The first-order valence-electron chi connectivity index (χ1n) is 4.22. The lowest BCUT2D eigenvalue weighted by atomic mass is 10.1. The Balaban J connectivity index is 2.50. The maximum absolute atomic E-state index is 5.85. The molecule has 0 aromatic carbocycles. The van der Waals surface area contributed by atoms with Crippen LogP contribution in [0.4, 0.5) is 0 Å². The largest absolute Gasteiger partial charge is 0.426 e. The van der Waals surface area contributed by atoms with Gasteiger partial charge in [0.25, 0.3) is 0 Å². The summed E-state index contributed by atoms with van der Waals surface area (Å²) in [6.07, 6.45) is 1.72. The summed E-state index contributed by atoms with van der Waals surface area (Å²) in [4.78, 5) is 0. The number of rotatable bonds is 1. The van der Waals surface area contributed by atoms with Gasteiger partial charge in [0.1, 0.15) is 4.48 Å². The third-order valence-electron chi connectivity index (χ3n) is 1.91. The Bertz CT molecular complexity index is 449. The number of hydrogen-bond donors (Lipinski definition) is 0. The number of nitrogens with zero attached hydrogens (tertiary/aromatic N) is 3. The molecule has 0 aromatic rings. The lowest BCUT2D eigenvalue weighted by Gasteiger charge is -2.12. The Hall–Kier alpha value is -0.790. The van der Waals surface area contributed by atoms with Crippen LogP contribution in [0.3, 0.4) is 0 Å². The number of fused-ring (bicyclic) bond motifs is 1. The molecular formula is C9H8BrClN3+. The van der Waals surface area contributed by atoms with Crippen LogP contribution >= 0.6 is 27.5 Å². The fourth-order valence-electron chi connectivity index (χ4n) is 1.24. The van der Waals surface area contributed by atoms with E-state index in [0.717, 1.165) is 16.0 Å². The summed E-state index contributed by atoms with van der Waals surface area (Å²) in [5.41, 5.74) is 0.934. The Labute approximate surface area is 95.3 Å². The highest BCUT2D eigenvalue weighted by atomic mass is 79.9. The standard InChI is InChI=1S/C9H8BrClN3/c1-5(2)7-4-12-9-6(10)3-8(11)13-14(7)9/h3,5H,1-2H3/q+1. The van der Waals surface area contributed by atoms with Crippen LogP contribution in [0.15, 0.2) is 21.4 Å². The van der Waals surface area contributed by atoms with Crippen LogP contribution in [-0.2, 0) is 0 Å². The summed E-state index contributed by atoms with van der Waals surface area (Å²) < 4.78 is 4.98. The summed E-state index contributed by atoms with van der Waals surface area (Å²) in [5, 5.41) is 6.34. The van der Waals surface area contributed by atoms with Crippen molar-refractivity contribution >= 4 is 44.4 Å². The van der Waals surface area contributed by atoms with Gasteiger partial charge in [0, 0.05) is 12.0 Å². The SMILES string of the molecule is CC(C)C1=C=[N+]=C2C(Br)=CC(Cl)=NN12. The monoisotopic (exact) mass is 272 g/mol. The summed E-state index contributed by atoms with van der Waals surface area (Å²) in [7, 11) is 0. The van der Waals surface area contributed by atoms with E-state index in [0.29, 0.717) is 11.1 Å². The fourth-order valence-corrected chi connectivity index (χ4v) is 2.03. The van der Waals surface area contributed by atoms with Crippen molar-refractivity contribution in [2.24, 2.45) is 11.0 Å². The molecule has 0 atom stereocenters. The molecule has 3 nitrogen and oxygen atoms in total. The Morgan fingerprint density at radius 3 is 3.00 bits per heavy atom. The summed E-state index contributed by atoms with van der Waals surface area (Å²) in [5.74, 6) is 4.01. The molecule has 0 amide bonds. The van der Waals surface area contributed by atoms with Crippen molar-refractivity contribution in [3.05, 3.63) is 16.3 Å². The molecule has 0 N–H and O–H groups in total. The van der Waals surface area contributed by atoms with Gasteiger partial charge in [-0.1, -0.05) is 35.6 Å². The van der Waals surface area contributed by atoms with Gasteiger partial charge in [0.15, 0.2) is 5.17 Å². The maximum Gasteiger partial charge on any atom is 0.426 e. The van der Waals surface area contributed by atoms with Crippen molar-refractivity contribution in [1.82, 2.24) is 9.68 Å². The zero-order valence-electron chi connectivity index (χ0n) is 7.75. The molecule has 0 bridgehead atoms. The molecule has 0 radical (unpaired) electrons. The zero-order chi connectivity index (χ0) is 10.3. The molecule has 2 aliphatic rings. The van der Waals surface area contributed by atoms with E-state index in [1.165, 1.54) is 0 Å². The molecule has 0 fully saturated rings. The molecule has 0 saturated carbocycles. The third kappa shape index (κ3) is 1.47. The molecular weight excluding hydrogens is 265 g/mol. The van der Waals surface area contributed by atoms with Crippen molar-refractivity contribution in [3.63, 3.8) is 0 Å². The van der Waals surface area contributed by atoms with E-state index in [2.05, 4.69) is 45.4 Å². The van der Waals surface area contributed by atoms with Crippen LogP contribution in [0.2, 0.25) is 0 Å². The van der Waals surface area contributed by atoms with E-state index in [-0.39, 0.29) is 0 Å². The minimum Gasteiger partial charge on any atom is -0.145 e. The average Bonchev–Trinajstić information content (AvgIpc) is 2.47. The molecule has 0 saturated heterocycles. The van der Waals surface area contributed by atoms with E-state index in [1.807, 2.05) is 0 Å². The molecule has 2 aliphatic heterocycles. The van der Waals surface area contributed by atoms with Crippen molar-refractivity contribution < 1.29 is 0 Å². The fraction of sp³-hybridized carbons (Fsp3) is 0.333. The highest BCUT2D eigenvalue weighted by Gasteiger charge is 2.38. The summed E-state index contributed by atoms with van der Waals surface area (Å²) in [6.45, 7) is 4.13. The number of halogens is 2. The van der Waals surface area contributed by atoms with Gasteiger partial charge in [-0.15, -0.1) is 4.67 Å². The molecule has 0 aliphatic carbocycles. The normalized spacial score (nSPS) is 19.1. The lowest BCUT2D eigenvalue weighted by molar-refractivity contribution is 0.493. The van der Waals surface area contributed by atoms with Gasteiger partial charge in [0.2, 0.25) is 11.6 Å². The van der Waals surface area contributed by atoms with Crippen LogP contribution in [-0.4, -0.2) is 21.9 Å². The van der Waals surface area contributed by atoms with Crippen molar-refractivity contribution in [1.29, 1.82) is 0 Å². The maximum atomic E-state index is 5.85. The Kier molecular flexibility index (Phi) is 2.38. The first kappa shape index (κ1) is 9.75. The summed E-state index contributed by atoms with van der Waals surface area (Å²) >= 11 is 9.24. The second-order valence-corrected chi connectivity index (χ2v) is 4.56. The van der Waals surface area contributed by atoms with Crippen LogP contribution < -0.4 is 4.67 Å². The van der Waals surface area contributed by atoms with Gasteiger partial charge < -0.3 is 0 Å². The van der Waals surface area contributed by atoms with Crippen molar-refractivity contribution in [2.45, 2.75) is 13.8 Å². The molecule has 0 unspecified atom stereocenters. The Morgan fingerprint density at radius 2 is 2.36 bits per heavy atom. The minimum absolute atomic E-state index is 0.322. The highest BCUT2D eigenvalue weighted by molar-refractivity contribution is 9.12. The van der Waals surface area contributed by atoms with Crippen molar-refractivity contribution in [2.75, 3.05) is 0 Å². The number of hydrogen-bond acceptors (Lipinski definition) is 2. The summed E-state index contributed by atoms with van der Waals surface area (Å²) in [6, 6.07) is 0. The van der Waals surface area contributed by atoms with E-state index in [9.17, 15) is 0 Å². The molecule has 0 aromatic heterocycles. The first-order chi connectivity index (χ1) is 6.59. The van der Waals surface area contributed by atoms with Gasteiger partial charge in [-0.25, -0.2) is 0 Å². The quantitative estimate of drug-likeness (QED) is 0.670. The smallest absolute Gasteiger partial charge is 0.145 e. The van der Waals surface area contributed by atoms with Crippen molar-refractivity contribution in [3.8, 4) is 0 Å². The van der Waals surface area contributed by atoms with Gasteiger partial charge >= 0.3 is 5.84 Å². The average molecular weight is 274 g/mol. The van der Waals surface area contributed by atoms with Gasteiger partial charge in [-0.05, 0) is 15.9 Å². The van der Waals surface area contributed by atoms with Crippen LogP contribution in [0.25, 0.3) is 0 Å². The van der Waals surface area contributed by atoms with E-state index >= 15 is 0 Å².